The van der Waals surface area contributed by atoms with Crippen molar-refractivity contribution in [2.75, 3.05) is 26.0 Å². The molecule has 144 valence electrons. The third-order valence-electron chi connectivity index (χ3n) is 4.93. The Morgan fingerprint density at radius 1 is 1.37 bits per heavy atom. The number of nitriles is 1. The van der Waals surface area contributed by atoms with Crippen LogP contribution in [-0.4, -0.2) is 47.9 Å². The van der Waals surface area contributed by atoms with Crippen molar-refractivity contribution in [3.8, 4) is 6.07 Å². The lowest BCUT2D eigenvalue weighted by atomic mass is 9.81. The SMILES string of the molecule is CNc1ccc(C(=O)OCC(=O)N(C)C2(C#N)CCCCC2)cc1[N+](=O)[O-]. The summed E-state index contributed by atoms with van der Waals surface area (Å²) in [4.78, 5) is 36.4. The molecule has 9 heteroatoms. The highest BCUT2D eigenvalue weighted by atomic mass is 16.6. The van der Waals surface area contributed by atoms with Gasteiger partial charge in [-0.15, -0.1) is 0 Å². The highest BCUT2D eigenvalue weighted by Gasteiger charge is 2.39. The van der Waals surface area contributed by atoms with Gasteiger partial charge in [-0.3, -0.25) is 14.9 Å². The molecule has 0 bridgehead atoms. The van der Waals surface area contributed by atoms with Gasteiger partial charge in [-0.2, -0.15) is 5.26 Å². The second-order valence-electron chi connectivity index (χ2n) is 6.47. The summed E-state index contributed by atoms with van der Waals surface area (Å²) >= 11 is 0. The Bertz CT molecular complexity index is 780. The van der Waals surface area contributed by atoms with Crippen molar-refractivity contribution >= 4 is 23.3 Å². The maximum atomic E-state index is 12.4. The molecule has 1 aliphatic rings. The number of benzene rings is 1. The Hall–Kier alpha value is -3.15. The quantitative estimate of drug-likeness (QED) is 0.460. The molecule has 0 spiro atoms. The zero-order chi connectivity index (χ0) is 20.0. The fourth-order valence-electron chi connectivity index (χ4n) is 3.23. The number of nitrogens with zero attached hydrogens (tertiary/aromatic N) is 3. The number of carbonyl (C=O) groups is 2. The number of nitrogens with one attached hydrogen (secondary N) is 1. The lowest BCUT2D eigenvalue weighted by Gasteiger charge is -2.38. The first kappa shape index (κ1) is 20.2. The Labute approximate surface area is 157 Å². The normalized spacial score (nSPS) is 15.3. The van der Waals surface area contributed by atoms with E-state index >= 15 is 0 Å². The summed E-state index contributed by atoms with van der Waals surface area (Å²) in [6.45, 7) is -0.527. The topological polar surface area (TPSA) is 126 Å². The van der Waals surface area contributed by atoms with Crippen molar-refractivity contribution in [2.45, 2.75) is 37.6 Å². The number of likely N-dealkylation sites (N-methyl/N-ethyl adjacent to an activating group) is 1. The summed E-state index contributed by atoms with van der Waals surface area (Å²) in [6, 6.07) is 6.11. The summed E-state index contributed by atoms with van der Waals surface area (Å²) in [6.07, 6.45) is 3.95. The predicted octanol–water partition coefficient (Wildman–Crippen LogP) is 2.48. The molecule has 0 radical (unpaired) electrons. The van der Waals surface area contributed by atoms with Gasteiger partial charge in [0, 0.05) is 20.2 Å². The van der Waals surface area contributed by atoms with Gasteiger partial charge in [0.25, 0.3) is 11.6 Å². The smallest absolute Gasteiger partial charge is 0.338 e. The molecule has 0 aromatic heterocycles. The Balaban J connectivity index is 2.04. The molecule has 27 heavy (non-hydrogen) atoms. The molecule has 1 amide bonds. The number of nitro groups is 1. The Morgan fingerprint density at radius 2 is 2.04 bits per heavy atom. The highest BCUT2D eigenvalue weighted by molar-refractivity contribution is 5.93. The molecule has 0 atom stereocenters. The van der Waals surface area contributed by atoms with Gasteiger partial charge in [-0.25, -0.2) is 4.79 Å². The summed E-state index contributed by atoms with van der Waals surface area (Å²) in [5.74, 6) is -1.31. The van der Waals surface area contributed by atoms with Crippen molar-refractivity contribution < 1.29 is 19.2 Å². The summed E-state index contributed by atoms with van der Waals surface area (Å²) in [7, 11) is 3.07. The van der Waals surface area contributed by atoms with Crippen LogP contribution in [0.4, 0.5) is 11.4 Å². The maximum Gasteiger partial charge on any atom is 0.338 e. The van der Waals surface area contributed by atoms with Crippen LogP contribution in [0.1, 0.15) is 42.5 Å². The third-order valence-corrected chi connectivity index (χ3v) is 4.93. The zero-order valence-corrected chi connectivity index (χ0v) is 15.4. The number of anilines is 1. The molecule has 1 fully saturated rings. The molecule has 0 aliphatic heterocycles. The van der Waals surface area contributed by atoms with Crippen molar-refractivity contribution in [3.05, 3.63) is 33.9 Å². The van der Waals surface area contributed by atoms with Gasteiger partial charge >= 0.3 is 5.97 Å². The van der Waals surface area contributed by atoms with E-state index in [0.717, 1.165) is 25.3 Å². The van der Waals surface area contributed by atoms with Gasteiger partial charge in [0.1, 0.15) is 11.2 Å². The summed E-state index contributed by atoms with van der Waals surface area (Å²) < 4.78 is 5.02. The molecule has 2 rings (SSSR count). The first-order chi connectivity index (χ1) is 12.8. The van der Waals surface area contributed by atoms with Gasteiger partial charge in [-0.1, -0.05) is 19.3 Å². The van der Waals surface area contributed by atoms with E-state index in [4.69, 9.17) is 4.74 Å². The molecule has 0 saturated heterocycles. The van der Waals surface area contributed by atoms with Crippen LogP contribution in [0.2, 0.25) is 0 Å². The molecular weight excluding hydrogens is 352 g/mol. The van der Waals surface area contributed by atoms with Crippen molar-refractivity contribution in [2.24, 2.45) is 0 Å². The van der Waals surface area contributed by atoms with Crippen LogP contribution in [0, 0.1) is 21.4 Å². The van der Waals surface area contributed by atoms with E-state index in [0.29, 0.717) is 12.8 Å². The predicted molar refractivity (Wildman–Crippen MR) is 97.1 cm³/mol. The third kappa shape index (κ3) is 4.34. The second kappa shape index (κ2) is 8.49. The standard InChI is InChI=1S/C18H22N4O5/c1-20-14-7-6-13(10-15(14)22(25)26)17(24)27-11-16(23)21(2)18(12-19)8-4-3-5-9-18/h6-7,10,20H,3-5,8-9,11H2,1-2H3. The molecule has 9 nitrogen and oxygen atoms in total. The molecule has 0 unspecified atom stereocenters. The average molecular weight is 374 g/mol. The monoisotopic (exact) mass is 374 g/mol. The molecular formula is C18H22N4O5. The van der Waals surface area contributed by atoms with Crippen LogP contribution < -0.4 is 5.32 Å². The highest BCUT2D eigenvalue weighted by Crippen LogP contribution is 2.32. The van der Waals surface area contributed by atoms with Gasteiger partial charge in [0.05, 0.1) is 16.6 Å². The fraction of sp³-hybridized carbons (Fsp3) is 0.500. The lowest BCUT2D eigenvalue weighted by Crippen LogP contribution is -2.51. The van der Waals surface area contributed by atoms with Crippen molar-refractivity contribution in [1.29, 1.82) is 5.26 Å². The van der Waals surface area contributed by atoms with Crippen LogP contribution in [0.5, 0.6) is 0 Å². The minimum Gasteiger partial charge on any atom is -0.452 e. The number of hydrogen-bond acceptors (Lipinski definition) is 7. The summed E-state index contributed by atoms with van der Waals surface area (Å²) in [5, 5.41) is 23.3. The van der Waals surface area contributed by atoms with E-state index in [1.807, 2.05) is 0 Å². The van der Waals surface area contributed by atoms with E-state index in [2.05, 4.69) is 11.4 Å². The fourth-order valence-corrected chi connectivity index (χ4v) is 3.23. The molecule has 1 aromatic carbocycles. The first-order valence-electron chi connectivity index (χ1n) is 8.66. The Morgan fingerprint density at radius 3 is 2.59 bits per heavy atom. The molecule has 0 heterocycles. The summed E-state index contributed by atoms with van der Waals surface area (Å²) in [5.41, 5.74) is -0.889. The Kier molecular flexibility index (Phi) is 6.34. The maximum absolute atomic E-state index is 12.4. The minimum absolute atomic E-state index is 0.0242. The van der Waals surface area contributed by atoms with Crippen LogP contribution in [0.3, 0.4) is 0 Å². The van der Waals surface area contributed by atoms with Crippen LogP contribution in [0.15, 0.2) is 18.2 Å². The molecule has 1 N–H and O–H groups in total. The number of hydrogen-bond donors (Lipinski definition) is 1. The number of rotatable bonds is 6. The van der Waals surface area contributed by atoms with Crippen LogP contribution in [0.25, 0.3) is 0 Å². The number of ether oxygens (including phenoxy) is 1. The van der Waals surface area contributed by atoms with Crippen LogP contribution in [-0.2, 0) is 9.53 Å². The first-order valence-corrected chi connectivity index (χ1v) is 8.66. The van der Waals surface area contributed by atoms with Gasteiger partial charge in [0.2, 0.25) is 0 Å². The largest absolute Gasteiger partial charge is 0.452 e. The van der Waals surface area contributed by atoms with E-state index in [1.54, 1.807) is 0 Å². The van der Waals surface area contributed by atoms with E-state index in [1.165, 1.54) is 31.1 Å². The van der Waals surface area contributed by atoms with Crippen molar-refractivity contribution in [1.82, 2.24) is 4.90 Å². The van der Waals surface area contributed by atoms with Crippen LogP contribution >= 0.6 is 0 Å². The second-order valence-corrected chi connectivity index (χ2v) is 6.47. The zero-order valence-electron chi connectivity index (χ0n) is 15.4. The number of carbonyl (C=O) groups excluding carboxylic acids is 2. The number of amides is 1. The molecule has 1 aromatic rings. The molecule has 1 aliphatic carbocycles. The molecule has 1 saturated carbocycles. The average Bonchev–Trinajstić information content (AvgIpc) is 2.70. The van der Waals surface area contributed by atoms with E-state index < -0.39 is 28.9 Å². The minimum atomic E-state index is -0.866. The van der Waals surface area contributed by atoms with Gasteiger partial charge in [0.15, 0.2) is 6.61 Å². The number of nitro benzene ring substituents is 1. The van der Waals surface area contributed by atoms with Gasteiger partial charge < -0.3 is 15.0 Å². The van der Waals surface area contributed by atoms with E-state index in [9.17, 15) is 25.0 Å². The lowest BCUT2D eigenvalue weighted by molar-refractivity contribution is -0.384. The van der Waals surface area contributed by atoms with Gasteiger partial charge in [-0.05, 0) is 25.0 Å². The van der Waals surface area contributed by atoms with Crippen molar-refractivity contribution in [3.63, 3.8) is 0 Å². The van der Waals surface area contributed by atoms with E-state index in [-0.39, 0.29) is 16.9 Å². The number of esters is 1.